The average Bonchev–Trinajstić information content (AvgIpc) is 2.76. The third-order valence-corrected chi connectivity index (χ3v) is 8.11. The van der Waals surface area contributed by atoms with E-state index >= 15 is 0 Å². The van der Waals surface area contributed by atoms with Crippen molar-refractivity contribution in [2.45, 2.75) is 38.9 Å². The number of aliphatic hydroxyl groups is 4. The van der Waals surface area contributed by atoms with Gasteiger partial charge in [-0.05, 0) is 80.6 Å². The quantitative estimate of drug-likeness (QED) is 0.248. The van der Waals surface area contributed by atoms with Gasteiger partial charge in [0, 0.05) is 41.0 Å². The van der Waals surface area contributed by atoms with Crippen LogP contribution in [0.25, 0.3) is 0 Å². The Bertz CT molecular complexity index is 855. The molecule has 0 heterocycles. The highest BCUT2D eigenvalue weighted by molar-refractivity contribution is 14.1. The zero-order valence-electron chi connectivity index (χ0n) is 19.4. The summed E-state index contributed by atoms with van der Waals surface area (Å²) in [5, 5.41) is 38.1. The maximum Gasteiger partial charge on any atom is 0.255 e. The first-order chi connectivity index (χ1) is 15.8. The second-order valence-electron chi connectivity index (χ2n) is 7.81. The molecule has 0 bridgehead atoms. The Morgan fingerprint density at radius 3 is 1.38 bits per heavy atom. The number of carbonyl (C=O) groups is 3. The van der Waals surface area contributed by atoms with Crippen LogP contribution in [0.2, 0.25) is 0 Å². The molecule has 0 saturated carbocycles. The van der Waals surface area contributed by atoms with Crippen LogP contribution in [0, 0.1) is 10.7 Å². The van der Waals surface area contributed by atoms with Crippen LogP contribution in [0.4, 0.5) is 11.4 Å². The van der Waals surface area contributed by atoms with Crippen molar-refractivity contribution < 1.29 is 34.8 Å². The van der Waals surface area contributed by atoms with E-state index in [0.717, 1.165) is 0 Å². The Morgan fingerprint density at radius 1 is 0.765 bits per heavy atom. The van der Waals surface area contributed by atoms with Crippen LogP contribution in [0.5, 0.6) is 0 Å². The molecular formula is C21H30I3N3O7. The smallest absolute Gasteiger partial charge is 0.255 e. The fourth-order valence-corrected chi connectivity index (χ4v) is 7.91. The Hall–Kier alpha value is -0.340. The summed E-state index contributed by atoms with van der Waals surface area (Å²) < 4.78 is 1.58. The van der Waals surface area contributed by atoms with Gasteiger partial charge >= 0.3 is 0 Å². The number of amides is 3. The van der Waals surface area contributed by atoms with Gasteiger partial charge in [0.25, 0.3) is 5.91 Å². The topological polar surface area (TPSA) is 142 Å². The molecule has 2 unspecified atom stereocenters. The standard InChI is InChI=1S/C21H30I3N3O7/c1-11(30)26(7-5-13(32)9-28)19-16(22)15(21(34)25(3)4)17(23)20(18(19)24)27(12(2)31)8-6-14(33)10-29/h13-14,28-29,32-33H,5-10H2,1-4H3. The largest absolute Gasteiger partial charge is 0.394 e. The molecule has 13 heteroatoms. The van der Waals surface area contributed by atoms with Gasteiger partial charge < -0.3 is 35.1 Å². The van der Waals surface area contributed by atoms with Gasteiger partial charge in [-0.3, -0.25) is 14.4 Å². The van der Waals surface area contributed by atoms with Crippen LogP contribution >= 0.6 is 67.8 Å². The minimum Gasteiger partial charge on any atom is -0.394 e. The summed E-state index contributed by atoms with van der Waals surface area (Å²) in [4.78, 5) is 42.7. The van der Waals surface area contributed by atoms with Crippen molar-refractivity contribution in [2.75, 3.05) is 50.2 Å². The Balaban J connectivity index is 3.90. The van der Waals surface area contributed by atoms with Crippen LogP contribution < -0.4 is 9.80 Å². The van der Waals surface area contributed by atoms with E-state index in [-0.39, 0.29) is 43.7 Å². The predicted octanol–water partition coefficient (Wildman–Crippen LogP) is 1.39. The van der Waals surface area contributed by atoms with Crippen molar-refractivity contribution in [3.05, 3.63) is 16.3 Å². The third kappa shape index (κ3) is 7.83. The molecule has 1 rings (SSSR count). The molecule has 0 saturated heterocycles. The number of nitrogens with zero attached hydrogens (tertiary/aromatic N) is 3. The van der Waals surface area contributed by atoms with Crippen molar-refractivity contribution in [1.29, 1.82) is 0 Å². The molecule has 0 aliphatic heterocycles. The minimum absolute atomic E-state index is 0.0853. The first-order valence-corrected chi connectivity index (χ1v) is 13.6. The predicted molar refractivity (Wildman–Crippen MR) is 154 cm³/mol. The number of hydrogen-bond acceptors (Lipinski definition) is 7. The molecule has 4 N–H and O–H groups in total. The Labute approximate surface area is 240 Å². The summed E-state index contributed by atoms with van der Waals surface area (Å²) in [5.41, 5.74) is 1.17. The first-order valence-electron chi connectivity index (χ1n) is 10.4. The van der Waals surface area contributed by atoms with E-state index in [0.29, 0.717) is 27.6 Å². The molecule has 192 valence electrons. The number of rotatable bonds is 11. The number of carbonyl (C=O) groups excluding carboxylic acids is 3. The van der Waals surface area contributed by atoms with Gasteiger partial charge in [0.1, 0.15) is 0 Å². The van der Waals surface area contributed by atoms with Crippen molar-refractivity contribution in [3.63, 3.8) is 0 Å². The maximum atomic E-state index is 13.2. The molecule has 0 aliphatic carbocycles. The van der Waals surface area contributed by atoms with Crippen molar-refractivity contribution in [1.82, 2.24) is 4.90 Å². The van der Waals surface area contributed by atoms with E-state index in [1.54, 1.807) is 14.1 Å². The molecule has 0 spiro atoms. The van der Waals surface area contributed by atoms with Gasteiger partial charge in [0.2, 0.25) is 11.8 Å². The summed E-state index contributed by atoms with van der Waals surface area (Å²) in [6.45, 7) is 2.00. The second-order valence-corrected chi connectivity index (χ2v) is 11.0. The molecule has 34 heavy (non-hydrogen) atoms. The minimum atomic E-state index is -1.02. The van der Waals surface area contributed by atoms with Gasteiger partial charge in [0.05, 0.1) is 53.1 Å². The highest BCUT2D eigenvalue weighted by Gasteiger charge is 2.32. The van der Waals surface area contributed by atoms with E-state index in [4.69, 9.17) is 0 Å². The summed E-state index contributed by atoms with van der Waals surface area (Å²) in [5.74, 6) is -0.978. The monoisotopic (exact) mass is 817 g/mol. The fourth-order valence-electron chi connectivity index (χ4n) is 3.12. The zero-order chi connectivity index (χ0) is 26.3. The van der Waals surface area contributed by atoms with E-state index < -0.39 is 25.4 Å². The van der Waals surface area contributed by atoms with Crippen LogP contribution in [-0.2, 0) is 9.59 Å². The van der Waals surface area contributed by atoms with Crippen LogP contribution in [0.3, 0.4) is 0 Å². The Kier molecular flexibility index (Phi) is 13.4. The SMILES string of the molecule is CC(=O)N(CCC(O)CO)c1c(I)c(C(=O)N(C)C)c(I)c(N(CCC(O)CO)C(C)=O)c1I. The molecule has 10 nitrogen and oxygen atoms in total. The third-order valence-electron chi connectivity index (χ3n) is 4.98. The molecular weight excluding hydrogens is 787 g/mol. The lowest BCUT2D eigenvalue weighted by atomic mass is 10.1. The molecule has 1 aromatic carbocycles. The van der Waals surface area contributed by atoms with Crippen molar-refractivity contribution >= 4 is 96.9 Å². The molecule has 0 fully saturated rings. The molecule has 3 amide bonds. The molecule has 1 aromatic rings. The molecule has 0 aromatic heterocycles. The number of halogens is 3. The van der Waals surface area contributed by atoms with Gasteiger partial charge in [-0.25, -0.2) is 0 Å². The van der Waals surface area contributed by atoms with E-state index in [9.17, 15) is 34.8 Å². The van der Waals surface area contributed by atoms with Crippen LogP contribution in [0.1, 0.15) is 37.0 Å². The average molecular weight is 817 g/mol. The summed E-state index contributed by atoms with van der Waals surface area (Å²) in [6, 6.07) is 0. The van der Waals surface area contributed by atoms with Crippen LogP contribution in [-0.4, -0.2) is 95.7 Å². The Morgan fingerprint density at radius 2 is 1.12 bits per heavy atom. The highest BCUT2D eigenvalue weighted by Crippen LogP contribution is 2.43. The highest BCUT2D eigenvalue weighted by atomic mass is 127. The number of benzene rings is 1. The number of hydrogen-bond donors (Lipinski definition) is 4. The van der Waals surface area contributed by atoms with E-state index in [1.807, 2.05) is 67.8 Å². The van der Waals surface area contributed by atoms with Gasteiger partial charge in [-0.2, -0.15) is 0 Å². The molecule has 0 aliphatic rings. The van der Waals surface area contributed by atoms with Gasteiger partial charge in [0.15, 0.2) is 0 Å². The van der Waals surface area contributed by atoms with Gasteiger partial charge in [-0.1, -0.05) is 0 Å². The zero-order valence-corrected chi connectivity index (χ0v) is 25.9. The maximum absolute atomic E-state index is 13.2. The lowest BCUT2D eigenvalue weighted by Crippen LogP contribution is -2.38. The number of anilines is 2. The normalized spacial score (nSPS) is 12.8. The summed E-state index contributed by atoms with van der Waals surface area (Å²) in [7, 11) is 3.21. The lowest BCUT2D eigenvalue weighted by molar-refractivity contribution is -0.117. The van der Waals surface area contributed by atoms with Gasteiger partial charge in [-0.15, -0.1) is 0 Å². The van der Waals surface area contributed by atoms with E-state index in [2.05, 4.69) is 0 Å². The van der Waals surface area contributed by atoms with Crippen LogP contribution in [0.15, 0.2) is 0 Å². The lowest BCUT2D eigenvalue weighted by Gasteiger charge is -2.32. The number of aliphatic hydroxyl groups excluding tert-OH is 4. The second kappa shape index (κ2) is 14.4. The van der Waals surface area contributed by atoms with Crippen molar-refractivity contribution in [2.24, 2.45) is 0 Å². The summed E-state index contributed by atoms with van der Waals surface area (Å²) in [6.07, 6.45) is -1.81. The van der Waals surface area contributed by atoms with Crippen molar-refractivity contribution in [3.8, 4) is 0 Å². The molecule has 2 atom stereocenters. The van der Waals surface area contributed by atoms with E-state index in [1.165, 1.54) is 28.5 Å². The molecule has 0 radical (unpaired) electrons. The fraction of sp³-hybridized carbons (Fsp3) is 0.571. The first kappa shape index (κ1) is 31.7. The summed E-state index contributed by atoms with van der Waals surface area (Å²) >= 11 is 6.06.